The monoisotopic (exact) mass is 1210 g/mol. The lowest BCUT2D eigenvalue weighted by Gasteiger charge is -2.24. The molecule has 0 amide bonds. The van der Waals surface area contributed by atoms with Crippen LogP contribution in [-0.4, -0.2) is 29.1 Å². The first-order chi connectivity index (χ1) is 46.1. The summed E-state index contributed by atoms with van der Waals surface area (Å²) in [6.07, 6.45) is 2.14. The third kappa shape index (κ3) is 10.1. The smallest absolute Gasteiger partial charge is 0.309 e. The number of fused-ring (bicyclic) bond motifs is 6. The highest BCUT2D eigenvalue weighted by Crippen LogP contribution is 2.51. The third-order valence-corrected chi connectivity index (χ3v) is 17.6. The van der Waals surface area contributed by atoms with Gasteiger partial charge in [0, 0.05) is 79.7 Å². The zero-order valence-corrected chi connectivity index (χ0v) is 50.0. The fraction of sp³-hybridized carbons (Fsp3) is 0.0120. The minimum Gasteiger partial charge on any atom is -0.309 e. The first-order valence-electron chi connectivity index (χ1n) is 30.5. The maximum atomic E-state index is 16.6. The van der Waals surface area contributed by atoms with E-state index in [1.165, 1.54) is 12.1 Å². The van der Waals surface area contributed by atoms with Crippen molar-refractivity contribution >= 4 is 49.3 Å². The molecule has 0 aliphatic heterocycles. The number of aromatic nitrogens is 6. The summed E-state index contributed by atoms with van der Waals surface area (Å²) < 4.78 is 53.6. The van der Waals surface area contributed by atoms with Gasteiger partial charge in [-0.3, -0.25) is 19.9 Å². The minimum atomic E-state index is -4.97. The van der Waals surface area contributed by atoms with E-state index in [2.05, 4.69) is 83.7 Å². The molecule has 0 bridgehead atoms. The van der Waals surface area contributed by atoms with Crippen LogP contribution in [0.1, 0.15) is 11.1 Å². The highest BCUT2D eigenvalue weighted by molar-refractivity contribution is 6.15. The lowest BCUT2D eigenvalue weighted by atomic mass is 9.92. The van der Waals surface area contributed by atoms with E-state index in [-0.39, 0.29) is 33.8 Å². The van der Waals surface area contributed by atoms with Crippen LogP contribution in [0.4, 0.5) is 18.9 Å². The number of alkyl halides is 3. The van der Waals surface area contributed by atoms with E-state index in [0.29, 0.717) is 22.1 Å². The molecule has 0 aliphatic carbocycles. The normalized spacial score (nSPS) is 11.5. The molecule has 16 rings (SSSR count). The Bertz CT molecular complexity index is 5160. The molecule has 0 fully saturated rings. The number of rotatable bonds is 11. The molecule has 442 valence electrons. The number of halogens is 3. The molecular weight excluding hydrogens is 1170 g/mol. The Balaban J connectivity index is 1.04. The van der Waals surface area contributed by atoms with E-state index >= 15 is 13.2 Å². The summed E-state index contributed by atoms with van der Waals surface area (Å²) in [5.74, 6) is 0. The standard InChI is InChI=1S/C83H49F3N8/c1-88-70-24-14-23-69(83(84,85)86)81(70)82-79(93-75-47-57(61-33-37-89-71(43-61)53-15-6-2-7-16-53)25-29-65(75)66-30-26-58(48-76(66)93)62-34-38-90-72(44-62)54-17-8-3-9-18-54)41-52(51-87)42-80(82)94-77-49-59(63-35-39-91-73(45-63)55-19-10-4-11-20-55)27-31-67(77)68-32-28-60(50-78(68)94)64-36-40-92-74(46-64)56-21-12-5-13-22-56/h2-50H. The molecule has 0 N–H and O–H groups in total. The molecular formula is C83H49F3N8. The van der Waals surface area contributed by atoms with Crippen LogP contribution in [0.15, 0.2) is 298 Å². The van der Waals surface area contributed by atoms with Gasteiger partial charge in [-0.05, 0) is 129 Å². The van der Waals surface area contributed by atoms with Crippen LogP contribution >= 0.6 is 0 Å². The van der Waals surface area contributed by atoms with Gasteiger partial charge in [-0.15, -0.1) is 0 Å². The second-order valence-electron chi connectivity index (χ2n) is 23.1. The summed E-state index contributed by atoms with van der Waals surface area (Å²) in [5, 5.41) is 14.8. The van der Waals surface area contributed by atoms with Crippen molar-refractivity contribution in [2.24, 2.45) is 0 Å². The van der Waals surface area contributed by atoms with Crippen molar-refractivity contribution in [2.75, 3.05) is 0 Å². The largest absolute Gasteiger partial charge is 0.415 e. The number of pyridine rings is 4. The zero-order chi connectivity index (χ0) is 63.4. The SMILES string of the molecule is [C-]#[N+]c1cccc(C(F)(F)F)c1-c1c(-n2c3cc(-c4ccnc(-c5ccccc5)c4)ccc3c3ccc(-c4ccnc(-c5ccccc5)c4)cc32)cc(C#N)cc1-n1c2cc(-c3ccnc(-c4ccccc4)c3)ccc2c2ccc(-c3ccnc(-c4ccccc4)c3)cc21. The summed E-state index contributed by atoms with van der Waals surface area (Å²) in [4.78, 5) is 23.0. The van der Waals surface area contributed by atoms with Gasteiger partial charge in [0.15, 0.2) is 5.69 Å². The zero-order valence-electron chi connectivity index (χ0n) is 50.0. The summed E-state index contributed by atoms with van der Waals surface area (Å²) >= 11 is 0. The Morgan fingerprint density at radius 1 is 0.330 bits per heavy atom. The molecule has 8 nitrogen and oxygen atoms in total. The Labute approximate surface area is 538 Å². The summed E-state index contributed by atoms with van der Waals surface area (Å²) in [6, 6.07) is 89.8. The average Bonchev–Trinajstić information content (AvgIpc) is 0.988. The molecule has 0 aliphatic rings. The van der Waals surface area contributed by atoms with Crippen LogP contribution in [0.2, 0.25) is 0 Å². The number of benzene rings is 10. The molecule has 6 aromatic heterocycles. The number of nitrogens with zero attached hydrogens (tertiary/aromatic N) is 8. The van der Waals surface area contributed by atoms with Gasteiger partial charge in [-0.25, -0.2) is 4.85 Å². The highest BCUT2D eigenvalue weighted by atomic mass is 19.4. The number of hydrogen-bond donors (Lipinski definition) is 0. The molecule has 94 heavy (non-hydrogen) atoms. The Morgan fingerprint density at radius 2 is 0.638 bits per heavy atom. The van der Waals surface area contributed by atoms with Gasteiger partial charge < -0.3 is 9.13 Å². The lowest BCUT2D eigenvalue weighted by molar-refractivity contribution is -0.137. The fourth-order valence-electron chi connectivity index (χ4n) is 13.2. The van der Waals surface area contributed by atoms with E-state index < -0.39 is 11.7 Å². The third-order valence-electron chi connectivity index (χ3n) is 17.6. The van der Waals surface area contributed by atoms with Gasteiger partial charge in [0.05, 0.1) is 80.0 Å². The van der Waals surface area contributed by atoms with Crippen molar-refractivity contribution in [2.45, 2.75) is 6.18 Å². The Hall–Kier alpha value is -12.8. The highest BCUT2D eigenvalue weighted by Gasteiger charge is 2.37. The van der Waals surface area contributed by atoms with E-state index in [4.69, 9.17) is 26.5 Å². The van der Waals surface area contributed by atoms with Gasteiger partial charge in [-0.1, -0.05) is 188 Å². The first kappa shape index (κ1) is 56.4. The minimum absolute atomic E-state index is 0.0817. The Kier molecular flexibility index (Phi) is 13.9. The molecule has 16 aromatic rings. The van der Waals surface area contributed by atoms with Crippen molar-refractivity contribution in [3.63, 3.8) is 0 Å². The quantitative estimate of drug-likeness (QED) is 0.120. The van der Waals surface area contributed by atoms with E-state index in [0.717, 1.165) is 117 Å². The van der Waals surface area contributed by atoms with Crippen LogP contribution < -0.4 is 0 Å². The molecule has 10 aromatic carbocycles. The summed E-state index contributed by atoms with van der Waals surface area (Å²) in [5.41, 5.74) is 15.2. The van der Waals surface area contributed by atoms with Crippen molar-refractivity contribution in [1.82, 2.24) is 29.1 Å². The molecule has 11 heteroatoms. The van der Waals surface area contributed by atoms with E-state index in [9.17, 15) is 5.26 Å². The van der Waals surface area contributed by atoms with Crippen LogP contribution in [-0.2, 0) is 6.18 Å². The van der Waals surface area contributed by atoms with Gasteiger partial charge in [-0.2, -0.15) is 18.4 Å². The van der Waals surface area contributed by atoms with Gasteiger partial charge in [0.2, 0.25) is 0 Å². The molecule has 0 radical (unpaired) electrons. The van der Waals surface area contributed by atoms with Gasteiger partial charge >= 0.3 is 6.18 Å². The van der Waals surface area contributed by atoms with Crippen LogP contribution in [0.3, 0.4) is 0 Å². The topological polar surface area (TPSA) is 89.6 Å². The lowest BCUT2D eigenvalue weighted by Crippen LogP contribution is -2.11. The Morgan fingerprint density at radius 3 is 0.926 bits per heavy atom. The second kappa shape index (κ2) is 23.2. The van der Waals surface area contributed by atoms with Crippen molar-refractivity contribution in [1.29, 1.82) is 5.26 Å². The van der Waals surface area contributed by atoms with Gasteiger partial charge in [0.25, 0.3) is 0 Å². The molecule has 0 saturated heterocycles. The van der Waals surface area contributed by atoms with Crippen LogP contribution in [0, 0.1) is 17.9 Å². The molecule has 6 heterocycles. The fourth-order valence-corrected chi connectivity index (χ4v) is 13.2. The van der Waals surface area contributed by atoms with E-state index in [1.54, 1.807) is 36.9 Å². The van der Waals surface area contributed by atoms with Crippen molar-refractivity contribution in [3.05, 3.63) is 320 Å². The molecule has 0 saturated carbocycles. The molecule has 0 atom stereocenters. The summed E-state index contributed by atoms with van der Waals surface area (Å²) in [7, 11) is 0. The van der Waals surface area contributed by atoms with Crippen molar-refractivity contribution in [3.8, 4) is 118 Å². The van der Waals surface area contributed by atoms with Crippen LogP contribution in [0.5, 0.6) is 0 Å². The van der Waals surface area contributed by atoms with E-state index in [1.807, 2.05) is 179 Å². The predicted molar refractivity (Wildman–Crippen MR) is 371 cm³/mol. The van der Waals surface area contributed by atoms with Gasteiger partial charge in [0.1, 0.15) is 0 Å². The maximum Gasteiger partial charge on any atom is 0.415 e. The summed E-state index contributed by atoms with van der Waals surface area (Å²) in [6.45, 7) is 8.81. The molecule has 0 unspecified atom stereocenters. The number of hydrogen-bond acceptors (Lipinski definition) is 5. The molecule has 0 spiro atoms. The average molecular weight is 1220 g/mol. The van der Waals surface area contributed by atoms with Crippen molar-refractivity contribution < 1.29 is 13.2 Å². The predicted octanol–water partition coefficient (Wildman–Crippen LogP) is 21.9. The number of nitriles is 1. The first-order valence-corrected chi connectivity index (χ1v) is 30.5. The van der Waals surface area contributed by atoms with Crippen LogP contribution in [0.25, 0.3) is 160 Å². The second-order valence-corrected chi connectivity index (χ2v) is 23.1. The maximum absolute atomic E-state index is 16.6.